The number of aromatic nitrogens is 1. The molecule has 2 aromatic rings. The van der Waals surface area contributed by atoms with Crippen LogP contribution in [-0.2, 0) is 0 Å². The fraction of sp³-hybridized carbons (Fsp3) is 0.0714. The van der Waals surface area contributed by atoms with Gasteiger partial charge < -0.3 is 15.3 Å². The van der Waals surface area contributed by atoms with Gasteiger partial charge in [-0.3, -0.25) is 0 Å². The van der Waals surface area contributed by atoms with E-state index in [1.54, 1.807) is 12.1 Å². The minimum Gasteiger partial charge on any atom is -0.882 e. The standard InChI is InChI=1S/C14H11N3O3.2Na/c1-8-11(18)6-7-17(12(8)13(19)20)14-15-9-4-2-3-5-10(9)16-14;;/h2-7H,1H3,(H2,15,16,19,20);;/q;2*+1/p-2. The normalized spacial score (nSPS) is 11.4. The Morgan fingerprint density at radius 1 is 1.00 bits per heavy atom. The molecule has 8 heteroatoms. The van der Waals surface area contributed by atoms with E-state index < -0.39 is 5.95 Å². The first-order valence-corrected chi connectivity index (χ1v) is 5.91. The van der Waals surface area contributed by atoms with E-state index in [2.05, 4.69) is 9.98 Å². The first kappa shape index (κ1) is 19.2. The van der Waals surface area contributed by atoms with E-state index in [1.165, 1.54) is 23.4 Å². The molecule has 0 atom stereocenters. The van der Waals surface area contributed by atoms with Gasteiger partial charge in [0.25, 0.3) is 0 Å². The average Bonchev–Trinajstić information content (AvgIpc) is 2.84. The fourth-order valence-electron chi connectivity index (χ4n) is 2.06. The molecule has 22 heavy (non-hydrogen) atoms. The first-order chi connectivity index (χ1) is 9.58. The summed E-state index contributed by atoms with van der Waals surface area (Å²) in [5.74, 6) is -1.60. The molecule has 0 bridgehead atoms. The number of rotatable bonds is 0. The smallest absolute Gasteiger partial charge is 0.882 e. The molecular weight excluding hydrogens is 304 g/mol. The van der Waals surface area contributed by atoms with Crippen molar-refractivity contribution in [2.45, 2.75) is 6.92 Å². The van der Waals surface area contributed by atoms with Crippen LogP contribution in [0.5, 0.6) is 5.75 Å². The molecule has 1 aromatic carbocycles. The molecule has 2 heterocycles. The molecule has 0 aliphatic carbocycles. The molecule has 0 amide bonds. The van der Waals surface area contributed by atoms with Gasteiger partial charge in [-0.15, -0.1) is 0 Å². The Labute approximate surface area is 170 Å². The van der Waals surface area contributed by atoms with Gasteiger partial charge in [0.2, 0.25) is 0 Å². The Balaban J connectivity index is 0.00000121. The van der Waals surface area contributed by atoms with Crippen LogP contribution in [0, 0.1) is 12.9 Å². The Kier molecular flexibility index (Phi) is 6.61. The van der Waals surface area contributed by atoms with Crippen molar-refractivity contribution in [1.82, 2.24) is 0 Å². The van der Waals surface area contributed by atoms with E-state index in [0.29, 0.717) is 10.7 Å². The van der Waals surface area contributed by atoms with Crippen LogP contribution >= 0.6 is 0 Å². The van der Waals surface area contributed by atoms with E-state index in [1.807, 2.05) is 12.1 Å². The quantitative estimate of drug-likeness (QED) is 0.357. The number of nitrogens with zero attached hydrogens (tertiary/aromatic N) is 3. The van der Waals surface area contributed by atoms with Crippen LogP contribution in [0.1, 0.15) is 5.56 Å². The number of pyridine rings is 1. The van der Waals surface area contributed by atoms with Crippen LogP contribution in [0.15, 0.2) is 46.5 Å². The van der Waals surface area contributed by atoms with Crippen molar-refractivity contribution in [2.24, 2.45) is 9.98 Å². The SMILES string of the molecule is Cc1c([O-])cc[n+](=C2N=c3ccccc3=N2)c1=C([O-])[O-].[Na+].[Na+]. The third-order valence-electron chi connectivity index (χ3n) is 3.07. The fourth-order valence-corrected chi connectivity index (χ4v) is 2.06. The van der Waals surface area contributed by atoms with Gasteiger partial charge in [0.1, 0.15) is 0 Å². The predicted molar refractivity (Wildman–Crippen MR) is 61.2 cm³/mol. The van der Waals surface area contributed by atoms with E-state index in [0.717, 1.165) is 0 Å². The maximum atomic E-state index is 11.6. The minimum atomic E-state index is -1.44. The Hall–Kier alpha value is -0.890. The second kappa shape index (κ2) is 7.59. The summed E-state index contributed by atoms with van der Waals surface area (Å²) in [6.07, 6.45) is 1.34. The van der Waals surface area contributed by atoms with Crippen molar-refractivity contribution in [3.8, 4) is 5.75 Å². The number of hydrogen-bond acceptors (Lipinski definition) is 5. The average molecular weight is 313 g/mol. The molecule has 0 fully saturated rings. The zero-order chi connectivity index (χ0) is 14.3. The third kappa shape index (κ3) is 3.37. The van der Waals surface area contributed by atoms with E-state index in [9.17, 15) is 15.3 Å². The number of fused-ring (bicyclic) bond motifs is 1. The topological polar surface area (TPSA) is 99.8 Å². The van der Waals surface area contributed by atoms with Crippen molar-refractivity contribution in [2.75, 3.05) is 0 Å². The second-order valence-electron chi connectivity index (χ2n) is 4.32. The van der Waals surface area contributed by atoms with Gasteiger partial charge >= 0.3 is 65.1 Å². The molecule has 1 aliphatic rings. The van der Waals surface area contributed by atoms with Crippen LogP contribution in [0.2, 0.25) is 0 Å². The minimum absolute atomic E-state index is 0. The largest absolute Gasteiger partial charge is 1.00 e. The predicted octanol–water partition coefficient (Wildman–Crippen LogP) is -9.60. The molecule has 0 radical (unpaired) electrons. The summed E-state index contributed by atoms with van der Waals surface area (Å²) in [6.45, 7) is 1.44. The van der Waals surface area contributed by atoms with Gasteiger partial charge in [-0.05, 0) is 30.7 Å². The summed E-state index contributed by atoms with van der Waals surface area (Å²) >= 11 is 0. The van der Waals surface area contributed by atoms with Crippen LogP contribution in [0.3, 0.4) is 0 Å². The summed E-state index contributed by atoms with van der Waals surface area (Å²) in [5, 5.41) is 35.2. The number of hydrogen-bond donors (Lipinski definition) is 0. The van der Waals surface area contributed by atoms with Gasteiger partial charge in [-0.25, -0.2) is 4.24 Å². The van der Waals surface area contributed by atoms with Crippen LogP contribution < -0.4 is 94.7 Å². The maximum absolute atomic E-state index is 11.6. The Morgan fingerprint density at radius 3 is 2.05 bits per heavy atom. The molecule has 0 saturated heterocycles. The Bertz CT molecular complexity index is 917. The maximum Gasteiger partial charge on any atom is 1.00 e. The monoisotopic (exact) mass is 313 g/mol. The van der Waals surface area contributed by atoms with Crippen molar-refractivity contribution in [3.63, 3.8) is 0 Å². The van der Waals surface area contributed by atoms with E-state index in [-0.39, 0.29) is 81.7 Å². The van der Waals surface area contributed by atoms with Gasteiger partial charge in [0.05, 0.1) is 11.5 Å². The molecule has 1 aromatic heterocycles. The van der Waals surface area contributed by atoms with Gasteiger partial charge in [0, 0.05) is 0 Å². The Morgan fingerprint density at radius 2 is 1.55 bits per heavy atom. The van der Waals surface area contributed by atoms with Gasteiger partial charge in [-0.2, -0.15) is 5.95 Å². The van der Waals surface area contributed by atoms with Crippen molar-refractivity contribution < 1.29 is 78.7 Å². The third-order valence-corrected chi connectivity index (χ3v) is 3.07. The number of benzene rings is 1. The molecule has 3 rings (SSSR count). The van der Waals surface area contributed by atoms with Crippen molar-refractivity contribution >= 4 is 5.95 Å². The van der Waals surface area contributed by atoms with E-state index in [4.69, 9.17) is 0 Å². The zero-order valence-electron chi connectivity index (χ0n) is 12.5. The van der Waals surface area contributed by atoms with Crippen molar-refractivity contribution in [3.05, 3.63) is 64.1 Å². The molecule has 0 N–H and O–H groups in total. The number of para-hydroxylation sites is 2. The molecule has 1 aliphatic heterocycles. The molecule has 0 saturated carbocycles. The van der Waals surface area contributed by atoms with Crippen LogP contribution in [-0.4, -0.2) is 0 Å². The zero-order valence-corrected chi connectivity index (χ0v) is 16.5. The van der Waals surface area contributed by atoms with Crippen molar-refractivity contribution in [1.29, 1.82) is 0 Å². The molecule has 6 nitrogen and oxygen atoms in total. The summed E-state index contributed by atoms with van der Waals surface area (Å²) in [6, 6.07) is 8.47. The van der Waals surface area contributed by atoms with Gasteiger partial charge in [-0.1, -0.05) is 27.9 Å². The summed E-state index contributed by atoms with van der Waals surface area (Å²) in [7, 11) is 0. The summed E-state index contributed by atoms with van der Waals surface area (Å²) in [5.41, 5.74) is 0.0985. The molecular formula is C14H9N3Na2O3. The van der Waals surface area contributed by atoms with E-state index >= 15 is 0 Å². The van der Waals surface area contributed by atoms with Crippen LogP contribution in [0.4, 0.5) is 0 Å². The molecule has 0 spiro atoms. The van der Waals surface area contributed by atoms with Gasteiger partial charge in [0.15, 0.2) is 10.7 Å². The molecule has 0 unspecified atom stereocenters. The first-order valence-electron chi connectivity index (χ1n) is 5.91. The summed E-state index contributed by atoms with van der Waals surface area (Å²) in [4.78, 5) is 8.51. The molecule has 100 valence electrons. The second-order valence-corrected chi connectivity index (χ2v) is 4.32. The van der Waals surface area contributed by atoms with Crippen LogP contribution in [0.25, 0.3) is 5.95 Å². The summed E-state index contributed by atoms with van der Waals surface area (Å²) < 4.78 is 1.26.